The molecule has 1 N–H and O–H groups in total. The standard InChI is InChI=1S/C30H28N2O4S/c1-5-36-22-8-6-7-21(16-22)27(33)25-26(20-12-10-19(11-13-20)17(2)3)32(29(35)28(25)34)30-31-23-14-9-18(4)15-24(23)37-30/h6-17,26,33H,5H2,1-4H3/b27-25+. The number of nitrogens with zero attached hydrogens (tertiary/aromatic N) is 2. The predicted octanol–water partition coefficient (Wildman–Crippen LogP) is 6.75. The lowest BCUT2D eigenvalue weighted by Crippen LogP contribution is -2.29. The molecule has 1 saturated heterocycles. The Hall–Kier alpha value is -3.97. The van der Waals surface area contributed by atoms with Gasteiger partial charge >= 0.3 is 5.91 Å². The van der Waals surface area contributed by atoms with Gasteiger partial charge in [-0.1, -0.05) is 67.6 Å². The number of benzene rings is 3. The molecule has 6 nitrogen and oxygen atoms in total. The van der Waals surface area contributed by atoms with E-state index in [0.29, 0.717) is 29.0 Å². The number of carbonyl (C=O) groups excluding carboxylic acids is 2. The van der Waals surface area contributed by atoms with Gasteiger partial charge in [-0.05, 0) is 60.7 Å². The molecule has 7 heteroatoms. The largest absolute Gasteiger partial charge is 0.507 e. The van der Waals surface area contributed by atoms with Crippen LogP contribution >= 0.6 is 11.3 Å². The molecule has 0 saturated carbocycles. The van der Waals surface area contributed by atoms with Crippen molar-refractivity contribution in [2.24, 2.45) is 0 Å². The van der Waals surface area contributed by atoms with Gasteiger partial charge in [0, 0.05) is 5.56 Å². The number of anilines is 1. The fraction of sp³-hybridized carbons (Fsp3) is 0.233. The van der Waals surface area contributed by atoms with Crippen molar-refractivity contribution in [3.8, 4) is 5.75 Å². The maximum Gasteiger partial charge on any atom is 0.301 e. The number of thiazole rings is 1. The first kappa shape index (κ1) is 24.7. The van der Waals surface area contributed by atoms with Gasteiger partial charge in [0.1, 0.15) is 11.5 Å². The summed E-state index contributed by atoms with van der Waals surface area (Å²) in [6, 6.07) is 19.8. The summed E-state index contributed by atoms with van der Waals surface area (Å²) in [6.07, 6.45) is 0. The molecule has 2 heterocycles. The van der Waals surface area contributed by atoms with Crippen LogP contribution in [0.3, 0.4) is 0 Å². The van der Waals surface area contributed by atoms with Crippen molar-refractivity contribution in [2.45, 2.75) is 39.7 Å². The summed E-state index contributed by atoms with van der Waals surface area (Å²) in [7, 11) is 0. The van der Waals surface area contributed by atoms with Crippen molar-refractivity contribution in [3.63, 3.8) is 0 Å². The van der Waals surface area contributed by atoms with Crippen molar-refractivity contribution >= 4 is 44.1 Å². The number of fused-ring (bicyclic) bond motifs is 1. The van der Waals surface area contributed by atoms with Crippen molar-refractivity contribution in [1.29, 1.82) is 0 Å². The predicted molar refractivity (Wildman–Crippen MR) is 147 cm³/mol. The van der Waals surface area contributed by atoms with Gasteiger partial charge in [-0.3, -0.25) is 14.5 Å². The highest BCUT2D eigenvalue weighted by atomic mass is 32.1. The number of aliphatic hydroxyl groups is 1. The molecular formula is C30H28N2O4S. The van der Waals surface area contributed by atoms with E-state index in [4.69, 9.17) is 9.72 Å². The van der Waals surface area contributed by atoms with Crippen LogP contribution in [0.5, 0.6) is 5.75 Å². The van der Waals surface area contributed by atoms with E-state index in [2.05, 4.69) is 13.8 Å². The zero-order chi connectivity index (χ0) is 26.3. The summed E-state index contributed by atoms with van der Waals surface area (Å²) in [6.45, 7) is 8.55. The Morgan fingerprint density at radius 3 is 2.54 bits per heavy atom. The minimum Gasteiger partial charge on any atom is -0.507 e. The molecule has 1 aliphatic heterocycles. The van der Waals surface area contributed by atoms with Crippen LogP contribution in [-0.4, -0.2) is 28.4 Å². The van der Waals surface area contributed by atoms with Crippen LogP contribution in [0.1, 0.15) is 55.0 Å². The molecule has 37 heavy (non-hydrogen) atoms. The number of Topliss-reactive ketones (excluding diaryl/α,β-unsaturated/α-hetero) is 1. The molecule has 3 aromatic carbocycles. The molecule has 5 rings (SSSR count). The van der Waals surface area contributed by atoms with E-state index in [1.54, 1.807) is 24.3 Å². The SMILES string of the molecule is CCOc1cccc(/C(O)=C2\C(=O)C(=O)N(c3nc4ccc(C)cc4s3)C2c2ccc(C(C)C)cc2)c1. The molecule has 1 atom stereocenters. The first-order valence-electron chi connectivity index (χ1n) is 12.3. The van der Waals surface area contributed by atoms with Crippen LogP contribution in [0.2, 0.25) is 0 Å². The summed E-state index contributed by atoms with van der Waals surface area (Å²) in [5.74, 6) is -0.796. The summed E-state index contributed by atoms with van der Waals surface area (Å²) in [5.41, 5.74) is 4.15. The highest BCUT2D eigenvalue weighted by Gasteiger charge is 2.48. The molecule has 1 aromatic heterocycles. The van der Waals surface area contributed by atoms with Crippen molar-refractivity contribution < 1.29 is 19.4 Å². The Labute approximate surface area is 219 Å². The lowest BCUT2D eigenvalue weighted by molar-refractivity contribution is -0.132. The summed E-state index contributed by atoms with van der Waals surface area (Å²) in [5, 5.41) is 11.8. The van der Waals surface area contributed by atoms with Crippen LogP contribution in [0.4, 0.5) is 5.13 Å². The molecule has 1 unspecified atom stereocenters. The van der Waals surface area contributed by atoms with Gasteiger partial charge < -0.3 is 9.84 Å². The van der Waals surface area contributed by atoms with E-state index in [9.17, 15) is 14.7 Å². The third kappa shape index (κ3) is 4.51. The Morgan fingerprint density at radius 1 is 1.08 bits per heavy atom. The number of hydrogen-bond donors (Lipinski definition) is 1. The highest BCUT2D eigenvalue weighted by Crippen LogP contribution is 2.44. The molecule has 0 bridgehead atoms. The van der Waals surface area contributed by atoms with Crippen molar-refractivity contribution in [2.75, 3.05) is 11.5 Å². The quantitative estimate of drug-likeness (QED) is 0.176. The second-order valence-electron chi connectivity index (χ2n) is 9.42. The minimum absolute atomic E-state index is 0.0337. The topological polar surface area (TPSA) is 79.7 Å². The van der Waals surface area contributed by atoms with Crippen LogP contribution in [0, 0.1) is 6.92 Å². The number of aliphatic hydroxyl groups excluding tert-OH is 1. The number of aromatic nitrogens is 1. The minimum atomic E-state index is -0.821. The lowest BCUT2D eigenvalue weighted by atomic mass is 9.93. The van der Waals surface area contributed by atoms with Gasteiger partial charge in [0.2, 0.25) is 0 Å². The van der Waals surface area contributed by atoms with E-state index >= 15 is 0 Å². The first-order valence-corrected chi connectivity index (χ1v) is 13.1. The monoisotopic (exact) mass is 512 g/mol. The first-order chi connectivity index (χ1) is 17.8. The Bertz CT molecular complexity index is 1530. The van der Waals surface area contributed by atoms with Crippen molar-refractivity contribution in [1.82, 2.24) is 4.98 Å². The van der Waals surface area contributed by atoms with Gasteiger partial charge in [-0.25, -0.2) is 4.98 Å². The number of aryl methyl sites for hydroxylation is 1. The van der Waals surface area contributed by atoms with Crippen molar-refractivity contribution in [3.05, 3.63) is 94.6 Å². The number of carbonyl (C=O) groups is 2. The molecule has 0 aliphatic carbocycles. The van der Waals surface area contributed by atoms with Gasteiger partial charge in [-0.15, -0.1) is 0 Å². The van der Waals surface area contributed by atoms with Gasteiger partial charge in [-0.2, -0.15) is 0 Å². The van der Waals surface area contributed by atoms with E-state index < -0.39 is 17.7 Å². The number of amides is 1. The molecule has 4 aromatic rings. The van der Waals surface area contributed by atoms with Gasteiger partial charge in [0.05, 0.1) is 28.4 Å². The third-order valence-corrected chi connectivity index (χ3v) is 7.54. The average molecular weight is 513 g/mol. The molecule has 1 aliphatic rings. The van der Waals surface area contributed by atoms with Crippen LogP contribution in [-0.2, 0) is 9.59 Å². The van der Waals surface area contributed by atoms with Gasteiger partial charge in [0.15, 0.2) is 5.13 Å². The highest BCUT2D eigenvalue weighted by molar-refractivity contribution is 7.22. The maximum atomic E-state index is 13.5. The van der Waals surface area contributed by atoms with Crippen LogP contribution < -0.4 is 9.64 Å². The normalized spacial score (nSPS) is 17.2. The van der Waals surface area contributed by atoms with E-state index in [-0.39, 0.29) is 11.3 Å². The Balaban J connectivity index is 1.70. The van der Waals surface area contributed by atoms with E-state index in [1.807, 2.05) is 56.3 Å². The summed E-state index contributed by atoms with van der Waals surface area (Å²) < 4.78 is 6.51. The number of ether oxygens (including phenoxy) is 1. The van der Waals surface area contributed by atoms with Crippen LogP contribution in [0.15, 0.2) is 72.3 Å². The third-order valence-electron chi connectivity index (χ3n) is 6.52. The molecule has 0 radical (unpaired) electrons. The molecule has 1 amide bonds. The lowest BCUT2D eigenvalue weighted by Gasteiger charge is -2.23. The van der Waals surface area contributed by atoms with Gasteiger partial charge in [0.25, 0.3) is 5.78 Å². The average Bonchev–Trinajstić information content (AvgIpc) is 3.41. The smallest absolute Gasteiger partial charge is 0.301 e. The zero-order valence-electron chi connectivity index (χ0n) is 21.2. The molecule has 1 fully saturated rings. The number of ketones is 1. The fourth-order valence-electron chi connectivity index (χ4n) is 4.59. The molecular weight excluding hydrogens is 484 g/mol. The Kier molecular flexibility index (Phi) is 6.56. The molecule has 188 valence electrons. The zero-order valence-corrected chi connectivity index (χ0v) is 22.0. The molecule has 0 spiro atoms. The van der Waals surface area contributed by atoms with E-state index in [0.717, 1.165) is 26.9 Å². The number of rotatable bonds is 6. The second kappa shape index (κ2) is 9.82. The fourth-order valence-corrected chi connectivity index (χ4v) is 5.68. The summed E-state index contributed by atoms with van der Waals surface area (Å²) in [4.78, 5) is 33.1. The second-order valence-corrected chi connectivity index (χ2v) is 10.4. The van der Waals surface area contributed by atoms with E-state index in [1.165, 1.54) is 16.2 Å². The Morgan fingerprint density at radius 2 is 1.84 bits per heavy atom. The van der Waals surface area contributed by atoms with Crippen LogP contribution in [0.25, 0.3) is 16.0 Å². The maximum absolute atomic E-state index is 13.5. The number of hydrogen-bond acceptors (Lipinski definition) is 6. The summed E-state index contributed by atoms with van der Waals surface area (Å²) >= 11 is 1.36.